The van der Waals surface area contributed by atoms with Crippen LogP contribution in [0.1, 0.15) is 51.4 Å². The summed E-state index contributed by atoms with van der Waals surface area (Å²) >= 11 is 9.85. The van der Waals surface area contributed by atoms with Crippen LogP contribution in [-0.4, -0.2) is 20.2 Å². The van der Waals surface area contributed by atoms with E-state index in [0.29, 0.717) is 0 Å². The van der Waals surface area contributed by atoms with Crippen molar-refractivity contribution in [3.8, 4) is 0 Å². The summed E-state index contributed by atoms with van der Waals surface area (Å²) in [7, 11) is 0. The number of halogens is 2. The van der Waals surface area contributed by atoms with Crippen LogP contribution < -0.4 is 0 Å². The second-order valence-corrected chi connectivity index (χ2v) is 9.10. The minimum absolute atomic E-state index is 0.798. The van der Waals surface area contributed by atoms with Crippen molar-refractivity contribution in [2.24, 2.45) is 0 Å². The Hall–Kier alpha value is 1.31. The van der Waals surface area contributed by atoms with E-state index < -0.39 is 0 Å². The molecule has 2 fully saturated rings. The first-order valence-electron chi connectivity index (χ1n) is 6.17. The lowest BCUT2D eigenvalue weighted by Crippen LogP contribution is -2.23. The van der Waals surface area contributed by atoms with Gasteiger partial charge in [-0.2, -0.15) is 11.8 Å². The third-order valence-corrected chi connectivity index (χ3v) is 6.80. The zero-order valence-corrected chi connectivity index (χ0v) is 13.1. The van der Waals surface area contributed by atoms with E-state index in [4.69, 9.17) is 0 Å². The molecule has 0 aromatic rings. The lowest BCUT2D eigenvalue weighted by molar-refractivity contribution is 0.512. The average molecular weight is 356 g/mol. The van der Waals surface area contributed by atoms with Crippen molar-refractivity contribution in [1.29, 1.82) is 0 Å². The Morgan fingerprint density at radius 2 is 1.20 bits per heavy atom. The van der Waals surface area contributed by atoms with Gasteiger partial charge < -0.3 is 0 Å². The van der Waals surface area contributed by atoms with Crippen molar-refractivity contribution in [3.05, 3.63) is 0 Å². The molecule has 15 heavy (non-hydrogen) atoms. The summed E-state index contributed by atoms with van der Waals surface area (Å²) in [5.41, 5.74) is 0. The van der Waals surface area contributed by atoms with Gasteiger partial charge in [0.2, 0.25) is 0 Å². The first-order chi connectivity index (χ1) is 7.24. The lowest BCUT2D eigenvalue weighted by atomic mass is 9.99. The fourth-order valence-electron chi connectivity index (χ4n) is 2.70. The number of hydrogen-bond donors (Lipinski definition) is 0. The second kappa shape index (κ2) is 6.30. The topological polar surface area (TPSA) is 0 Å². The fourth-order valence-corrected chi connectivity index (χ4v) is 6.58. The van der Waals surface area contributed by atoms with Crippen LogP contribution in [0.25, 0.3) is 0 Å². The molecular weight excluding hydrogens is 336 g/mol. The summed E-state index contributed by atoms with van der Waals surface area (Å²) in [5.74, 6) is 0. The van der Waals surface area contributed by atoms with Gasteiger partial charge in [0.05, 0.1) is 0 Å². The van der Waals surface area contributed by atoms with Gasteiger partial charge in [0.25, 0.3) is 0 Å². The van der Waals surface area contributed by atoms with Gasteiger partial charge in [-0.15, -0.1) is 0 Å². The van der Waals surface area contributed by atoms with Crippen LogP contribution in [0.4, 0.5) is 0 Å². The lowest BCUT2D eigenvalue weighted by Gasteiger charge is -2.32. The minimum atomic E-state index is 0.798. The van der Waals surface area contributed by atoms with Gasteiger partial charge in [0.1, 0.15) is 0 Å². The normalized spacial score (nSPS) is 42.8. The summed E-state index contributed by atoms with van der Waals surface area (Å²) in [6, 6.07) is 0. The Labute approximate surface area is 115 Å². The molecule has 3 heteroatoms. The molecule has 0 N–H and O–H groups in total. The minimum Gasteiger partial charge on any atom is -0.155 e. The smallest absolute Gasteiger partial charge is 0.0156 e. The summed E-state index contributed by atoms with van der Waals surface area (Å²) < 4.78 is 0. The van der Waals surface area contributed by atoms with E-state index in [0.717, 1.165) is 20.2 Å². The molecule has 0 amide bonds. The van der Waals surface area contributed by atoms with Gasteiger partial charge in [-0.3, -0.25) is 0 Å². The third-order valence-electron chi connectivity index (χ3n) is 3.51. The molecule has 88 valence electrons. The van der Waals surface area contributed by atoms with Crippen LogP contribution in [0.15, 0.2) is 0 Å². The molecule has 0 spiro atoms. The molecule has 2 aliphatic rings. The van der Waals surface area contributed by atoms with Crippen molar-refractivity contribution in [2.75, 3.05) is 0 Å². The monoisotopic (exact) mass is 354 g/mol. The zero-order chi connectivity index (χ0) is 10.7. The summed E-state index contributed by atoms with van der Waals surface area (Å²) in [6.07, 6.45) is 11.3. The highest BCUT2D eigenvalue weighted by Gasteiger charge is 2.26. The second-order valence-electron chi connectivity index (χ2n) is 4.91. The van der Waals surface area contributed by atoms with Crippen LogP contribution in [0.3, 0.4) is 0 Å². The fraction of sp³-hybridized carbons (Fsp3) is 1.00. The van der Waals surface area contributed by atoms with Crippen molar-refractivity contribution in [2.45, 2.75) is 71.5 Å². The molecule has 0 aromatic carbocycles. The maximum Gasteiger partial charge on any atom is 0.0156 e. The van der Waals surface area contributed by atoms with E-state index in [1.807, 2.05) is 0 Å². The summed E-state index contributed by atoms with van der Waals surface area (Å²) in [4.78, 5) is 1.60. The van der Waals surface area contributed by atoms with Gasteiger partial charge in [-0.25, -0.2) is 0 Å². The number of thioether (sulfide) groups is 1. The molecule has 0 saturated heterocycles. The number of alkyl halides is 2. The number of rotatable bonds is 2. The van der Waals surface area contributed by atoms with Crippen molar-refractivity contribution in [3.63, 3.8) is 0 Å². The summed E-state index contributed by atoms with van der Waals surface area (Å²) in [6.45, 7) is 0. The van der Waals surface area contributed by atoms with Crippen molar-refractivity contribution < 1.29 is 0 Å². The van der Waals surface area contributed by atoms with Crippen LogP contribution in [0.5, 0.6) is 0 Å². The van der Waals surface area contributed by atoms with E-state index in [2.05, 4.69) is 43.6 Å². The average Bonchev–Trinajstić information content (AvgIpc) is 2.17. The van der Waals surface area contributed by atoms with Gasteiger partial charge in [-0.1, -0.05) is 44.7 Å². The highest BCUT2D eigenvalue weighted by molar-refractivity contribution is 9.09. The standard InChI is InChI=1S/C12H20Br2S/c13-9-3-1-5-11(7-9)15-12-6-2-4-10(14)8-12/h9-12H,1-8H2. The molecule has 0 aromatic heterocycles. The van der Waals surface area contributed by atoms with E-state index in [1.54, 1.807) is 0 Å². The van der Waals surface area contributed by atoms with E-state index in [1.165, 1.54) is 51.4 Å². The van der Waals surface area contributed by atoms with Gasteiger partial charge in [0, 0.05) is 20.2 Å². The highest BCUT2D eigenvalue weighted by Crippen LogP contribution is 2.39. The van der Waals surface area contributed by atoms with Gasteiger partial charge in [-0.05, 0) is 38.5 Å². The first-order valence-corrected chi connectivity index (χ1v) is 8.95. The van der Waals surface area contributed by atoms with Crippen LogP contribution in [0, 0.1) is 0 Å². The molecule has 0 bridgehead atoms. The molecule has 4 unspecified atom stereocenters. The predicted octanol–water partition coefficient (Wildman–Crippen LogP) is 5.13. The maximum atomic E-state index is 3.78. The highest BCUT2D eigenvalue weighted by atomic mass is 79.9. The van der Waals surface area contributed by atoms with Crippen LogP contribution in [-0.2, 0) is 0 Å². The van der Waals surface area contributed by atoms with E-state index in [9.17, 15) is 0 Å². The van der Waals surface area contributed by atoms with Crippen molar-refractivity contribution >= 4 is 43.6 Å². The Morgan fingerprint density at radius 1 is 0.733 bits per heavy atom. The first kappa shape index (κ1) is 12.8. The predicted molar refractivity (Wildman–Crippen MR) is 77.5 cm³/mol. The molecule has 0 heterocycles. The largest absolute Gasteiger partial charge is 0.155 e. The Morgan fingerprint density at radius 3 is 1.60 bits per heavy atom. The molecule has 0 aliphatic heterocycles. The zero-order valence-electron chi connectivity index (χ0n) is 9.13. The Balaban J connectivity index is 1.75. The molecule has 0 radical (unpaired) electrons. The van der Waals surface area contributed by atoms with Crippen LogP contribution >= 0.6 is 43.6 Å². The molecule has 2 saturated carbocycles. The molecular formula is C12H20Br2S. The van der Waals surface area contributed by atoms with Gasteiger partial charge in [0.15, 0.2) is 0 Å². The van der Waals surface area contributed by atoms with E-state index in [-0.39, 0.29) is 0 Å². The number of hydrogen-bond acceptors (Lipinski definition) is 1. The van der Waals surface area contributed by atoms with Crippen LogP contribution in [0.2, 0.25) is 0 Å². The quantitative estimate of drug-likeness (QED) is 0.618. The molecule has 0 nitrogen and oxygen atoms in total. The Kier molecular flexibility index (Phi) is 5.36. The van der Waals surface area contributed by atoms with Crippen molar-refractivity contribution in [1.82, 2.24) is 0 Å². The maximum absolute atomic E-state index is 3.78. The summed E-state index contributed by atoms with van der Waals surface area (Å²) in [5, 5.41) is 1.87. The molecule has 4 atom stereocenters. The molecule has 2 rings (SSSR count). The Bertz CT molecular complexity index is 178. The molecule has 2 aliphatic carbocycles. The van der Waals surface area contributed by atoms with E-state index >= 15 is 0 Å². The third kappa shape index (κ3) is 4.23. The van der Waals surface area contributed by atoms with Gasteiger partial charge >= 0.3 is 0 Å². The SMILES string of the molecule is BrC1CCCC(SC2CCCC(Br)C2)C1.